The Kier molecular flexibility index (Phi) is 6.69. The van der Waals surface area contributed by atoms with Crippen molar-refractivity contribution in [2.45, 2.75) is 50.7 Å². The van der Waals surface area contributed by atoms with Crippen LogP contribution < -0.4 is 15.4 Å². The van der Waals surface area contributed by atoms with Crippen LogP contribution in [0.3, 0.4) is 0 Å². The van der Waals surface area contributed by atoms with Crippen LogP contribution in [0.15, 0.2) is 12.1 Å². The SMILES string of the molecule is CC1(O)CN(CC(=O)NC2C3CC4CC2CC(C(N)=O)(C4)C3)S(O)(O)N(c2c(Cl)cc(Cl)cc2Cl)C1. The van der Waals surface area contributed by atoms with Gasteiger partial charge in [0.15, 0.2) is 0 Å². The number of hydrogen-bond acceptors (Lipinski definition) is 7. The summed E-state index contributed by atoms with van der Waals surface area (Å²) < 4.78 is 24.8. The minimum Gasteiger partial charge on any atom is -0.387 e. The fourth-order valence-electron chi connectivity index (χ4n) is 7.12. The van der Waals surface area contributed by atoms with Gasteiger partial charge >= 0.3 is 0 Å². The van der Waals surface area contributed by atoms with E-state index in [-0.39, 0.29) is 70.1 Å². The average Bonchev–Trinajstić information content (AvgIpc) is 2.72. The maximum Gasteiger partial charge on any atom is 0.236 e. The van der Waals surface area contributed by atoms with Gasteiger partial charge in [0.1, 0.15) is 0 Å². The standard InChI is InChI=1S/C23H31Cl3N4O5S/c1-22(33)10-29(36(34,35)30(11-22)20-16(25)4-15(24)5-17(20)26)9-18(31)28-19-13-2-12-3-14(19)8-23(6-12,7-13)21(27)32/h4-5,12-14,19,33-35H,2-3,6-11H2,1H3,(H2,27,32)(H,28,31). The number of β-amino-alcohol motifs (C(OH)–C–C–N with tert-alkyl or cyclic N) is 1. The van der Waals surface area contributed by atoms with Crippen molar-refractivity contribution in [1.82, 2.24) is 9.62 Å². The van der Waals surface area contributed by atoms with Crippen molar-refractivity contribution in [2.24, 2.45) is 28.9 Å². The van der Waals surface area contributed by atoms with Gasteiger partial charge in [0.05, 0.1) is 41.0 Å². The van der Waals surface area contributed by atoms with Crippen LogP contribution in [0.5, 0.6) is 0 Å². The lowest BCUT2D eigenvalue weighted by atomic mass is 9.47. The van der Waals surface area contributed by atoms with E-state index in [4.69, 9.17) is 40.5 Å². The van der Waals surface area contributed by atoms with Crippen LogP contribution in [0.1, 0.15) is 39.0 Å². The third kappa shape index (κ3) is 4.58. The molecule has 3 atom stereocenters. The first-order valence-electron chi connectivity index (χ1n) is 12.0. The quantitative estimate of drug-likeness (QED) is 0.355. The highest BCUT2D eigenvalue weighted by molar-refractivity contribution is 8.23. The summed E-state index contributed by atoms with van der Waals surface area (Å²) >= 11 is 18.7. The summed E-state index contributed by atoms with van der Waals surface area (Å²) in [7, 11) is -3.75. The third-order valence-corrected chi connectivity index (χ3v) is 11.0. The number of halogens is 3. The molecule has 0 aromatic heterocycles. The highest BCUT2D eigenvalue weighted by atomic mass is 35.5. The summed E-state index contributed by atoms with van der Waals surface area (Å²) in [4.78, 5) is 25.4. The molecule has 4 saturated carbocycles. The molecule has 2 amide bonds. The second-order valence-corrected chi connectivity index (χ2v) is 14.4. The Bertz CT molecular complexity index is 1070. The van der Waals surface area contributed by atoms with Gasteiger partial charge in [-0.15, -0.1) is 0 Å². The first-order valence-corrected chi connectivity index (χ1v) is 14.6. The van der Waals surface area contributed by atoms with Crippen LogP contribution >= 0.6 is 45.8 Å². The van der Waals surface area contributed by atoms with Crippen molar-refractivity contribution < 1.29 is 23.8 Å². The van der Waals surface area contributed by atoms with Gasteiger partial charge in [0.25, 0.3) is 0 Å². The molecule has 5 aliphatic rings. The number of amides is 2. The summed E-state index contributed by atoms with van der Waals surface area (Å²) in [5.41, 5.74) is 4.02. The molecular formula is C23H31Cl3N4O5S. The zero-order valence-corrected chi connectivity index (χ0v) is 22.9. The fraction of sp³-hybridized carbons (Fsp3) is 0.652. The number of hydrogen-bond donors (Lipinski definition) is 5. The van der Waals surface area contributed by atoms with Crippen LogP contribution in [0.25, 0.3) is 0 Å². The van der Waals surface area contributed by atoms with Crippen LogP contribution in [-0.2, 0) is 9.59 Å². The van der Waals surface area contributed by atoms with E-state index in [1.807, 2.05) is 0 Å². The monoisotopic (exact) mass is 580 g/mol. The first kappa shape index (κ1) is 26.6. The van der Waals surface area contributed by atoms with E-state index in [1.54, 1.807) is 6.92 Å². The topological polar surface area (TPSA) is 139 Å². The summed E-state index contributed by atoms with van der Waals surface area (Å²) in [5, 5.41) is 14.5. The molecule has 36 heavy (non-hydrogen) atoms. The average molecular weight is 582 g/mol. The second kappa shape index (κ2) is 9.05. The number of carbonyl (C=O) groups excluding carboxylic acids is 2. The number of aliphatic hydroxyl groups is 1. The minimum absolute atomic E-state index is 0.0894. The molecule has 1 aromatic rings. The van der Waals surface area contributed by atoms with Crippen molar-refractivity contribution in [3.05, 3.63) is 27.2 Å². The minimum atomic E-state index is -3.75. The van der Waals surface area contributed by atoms with Gasteiger partial charge in [0.2, 0.25) is 11.8 Å². The smallest absolute Gasteiger partial charge is 0.236 e. The molecule has 4 aliphatic carbocycles. The van der Waals surface area contributed by atoms with E-state index in [2.05, 4.69) is 5.32 Å². The van der Waals surface area contributed by atoms with E-state index >= 15 is 0 Å². The zero-order valence-electron chi connectivity index (χ0n) is 19.8. The number of anilines is 1. The summed E-state index contributed by atoms with van der Waals surface area (Å²) in [6.07, 6.45) is 4.09. The maximum atomic E-state index is 13.2. The molecule has 1 aromatic carbocycles. The van der Waals surface area contributed by atoms with Crippen molar-refractivity contribution in [3.63, 3.8) is 0 Å². The number of nitrogens with zero attached hydrogens (tertiary/aromatic N) is 2. The molecular weight excluding hydrogens is 551 g/mol. The predicted octanol–water partition coefficient (Wildman–Crippen LogP) is 3.90. The van der Waals surface area contributed by atoms with E-state index in [0.29, 0.717) is 18.8 Å². The number of primary amides is 1. The van der Waals surface area contributed by atoms with Gasteiger partial charge in [-0.3, -0.25) is 23.0 Å². The van der Waals surface area contributed by atoms with Crippen molar-refractivity contribution >= 4 is 63.3 Å². The molecule has 5 fully saturated rings. The Hall–Kier alpha value is -0.980. The molecule has 3 unspecified atom stereocenters. The van der Waals surface area contributed by atoms with Crippen LogP contribution in [0.4, 0.5) is 5.69 Å². The Labute approximate surface area is 226 Å². The third-order valence-electron chi connectivity index (χ3n) is 8.32. The normalized spacial score (nSPS) is 38.1. The number of nitrogens with one attached hydrogen (secondary N) is 1. The number of carbonyl (C=O) groups is 2. The van der Waals surface area contributed by atoms with Gasteiger partial charge in [-0.2, -0.15) is 4.31 Å². The Balaban J connectivity index is 1.34. The van der Waals surface area contributed by atoms with Crippen molar-refractivity contribution in [2.75, 3.05) is 23.9 Å². The van der Waals surface area contributed by atoms with E-state index < -0.39 is 22.0 Å². The lowest BCUT2D eigenvalue weighted by Gasteiger charge is -2.59. The number of nitrogens with two attached hydrogens (primary N) is 1. The molecule has 6 N–H and O–H groups in total. The van der Waals surface area contributed by atoms with Gasteiger partial charge in [-0.25, -0.2) is 0 Å². The fourth-order valence-corrected chi connectivity index (χ4v) is 10.2. The molecule has 1 heterocycles. The predicted molar refractivity (Wildman–Crippen MR) is 141 cm³/mol. The molecule has 200 valence electrons. The Morgan fingerprint density at radius 3 is 2.25 bits per heavy atom. The van der Waals surface area contributed by atoms with Gasteiger partial charge < -0.3 is 16.2 Å². The summed E-state index contributed by atoms with van der Waals surface area (Å²) in [6.45, 7) is 0.876. The first-order chi connectivity index (χ1) is 16.7. The van der Waals surface area contributed by atoms with E-state index in [1.165, 1.54) is 12.1 Å². The molecule has 0 spiro atoms. The summed E-state index contributed by atoms with van der Waals surface area (Å²) in [6, 6.07) is 2.75. The highest BCUT2D eigenvalue weighted by Crippen LogP contribution is 2.60. The lowest BCUT2D eigenvalue weighted by molar-refractivity contribution is -0.147. The number of benzene rings is 1. The van der Waals surface area contributed by atoms with Gasteiger partial charge in [0, 0.05) is 16.5 Å². The van der Waals surface area contributed by atoms with Gasteiger partial charge in [-0.1, -0.05) is 34.8 Å². The van der Waals surface area contributed by atoms with Crippen molar-refractivity contribution in [1.29, 1.82) is 0 Å². The second-order valence-electron chi connectivity index (χ2n) is 11.2. The van der Waals surface area contributed by atoms with Gasteiger partial charge in [-0.05, 0) is 79.9 Å². The van der Waals surface area contributed by atoms with Crippen LogP contribution in [-0.4, -0.2) is 61.6 Å². The zero-order chi connectivity index (χ0) is 26.2. The largest absolute Gasteiger partial charge is 0.387 e. The van der Waals surface area contributed by atoms with Crippen LogP contribution in [0, 0.1) is 23.2 Å². The molecule has 13 heteroatoms. The van der Waals surface area contributed by atoms with E-state index in [9.17, 15) is 23.8 Å². The van der Waals surface area contributed by atoms with E-state index in [0.717, 1.165) is 27.9 Å². The Morgan fingerprint density at radius 2 is 1.69 bits per heavy atom. The highest BCUT2D eigenvalue weighted by Gasteiger charge is 2.58. The lowest BCUT2D eigenvalue weighted by Crippen LogP contribution is -2.63. The molecule has 1 aliphatic heterocycles. The van der Waals surface area contributed by atoms with Crippen molar-refractivity contribution in [3.8, 4) is 0 Å². The molecule has 1 saturated heterocycles. The molecule has 0 radical (unpaired) electrons. The molecule has 6 rings (SSSR count). The molecule has 4 bridgehead atoms. The van der Waals surface area contributed by atoms with Crippen LogP contribution in [0.2, 0.25) is 15.1 Å². The maximum absolute atomic E-state index is 13.2. The number of rotatable bonds is 5. The summed E-state index contributed by atoms with van der Waals surface area (Å²) in [5.74, 6) is 0.165. The molecule has 9 nitrogen and oxygen atoms in total. The Morgan fingerprint density at radius 1 is 1.11 bits per heavy atom.